The molecule has 6 heteroatoms. The van der Waals surface area contributed by atoms with Crippen LogP contribution in [0.1, 0.15) is 37.3 Å². The van der Waals surface area contributed by atoms with E-state index in [1.165, 1.54) is 5.56 Å². The zero-order valence-electron chi connectivity index (χ0n) is 14.4. The molecular weight excluding hydrogens is 326 g/mol. The molecule has 1 aliphatic rings. The van der Waals surface area contributed by atoms with E-state index >= 15 is 0 Å². The average Bonchev–Trinajstić information content (AvgIpc) is 3.37. The summed E-state index contributed by atoms with van der Waals surface area (Å²) in [4.78, 5) is 23.8. The summed E-state index contributed by atoms with van der Waals surface area (Å²) in [5, 5.41) is 5.64. The van der Waals surface area contributed by atoms with Gasteiger partial charge in [0.2, 0.25) is 11.8 Å². The maximum absolute atomic E-state index is 12.0. The summed E-state index contributed by atoms with van der Waals surface area (Å²) in [6.45, 7) is 4.44. The van der Waals surface area contributed by atoms with Crippen molar-refractivity contribution in [2.45, 2.75) is 45.1 Å². The van der Waals surface area contributed by atoms with Crippen LogP contribution >= 0.6 is 12.4 Å². The van der Waals surface area contributed by atoms with Crippen LogP contribution in [0.15, 0.2) is 24.3 Å². The highest BCUT2D eigenvalue weighted by atomic mass is 35.5. The SMILES string of the molecule is Cc1ccc(CCC(=O)NCC(=O)NC(C)(CN)C2CC2)cc1.Cl. The molecule has 2 amide bonds. The van der Waals surface area contributed by atoms with Gasteiger partial charge < -0.3 is 16.4 Å². The third kappa shape index (κ3) is 6.13. The van der Waals surface area contributed by atoms with E-state index < -0.39 is 0 Å². The second-order valence-electron chi connectivity index (χ2n) is 6.71. The molecule has 1 aromatic rings. The molecule has 0 spiro atoms. The molecule has 4 N–H and O–H groups in total. The lowest BCUT2D eigenvalue weighted by atomic mass is 9.96. The number of hydrogen-bond donors (Lipinski definition) is 3. The van der Waals surface area contributed by atoms with Crippen molar-refractivity contribution >= 4 is 24.2 Å². The molecule has 1 saturated carbocycles. The molecule has 0 bridgehead atoms. The van der Waals surface area contributed by atoms with Crippen LogP contribution < -0.4 is 16.4 Å². The van der Waals surface area contributed by atoms with Crippen LogP contribution in [0.25, 0.3) is 0 Å². The summed E-state index contributed by atoms with van der Waals surface area (Å²) in [6, 6.07) is 8.12. The number of aryl methyl sites for hydroxylation is 2. The van der Waals surface area contributed by atoms with Crippen LogP contribution in [0.5, 0.6) is 0 Å². The third-order valence-electron chi connectivity index (χ3n) is 4.53. The largest absolute Gasteiger partial charge is 0.348 e. The minimum atomic E-state index is -0.344. The minimum Gasteiger partial charge on any atom is -0.348 e. The highest BCUT2D eigenvalue weighted by Gasteiger charge is 2.41. The molecule has 1 fully saturated rings. The summed E-state index contributed by atoms with van der Waals surface area (Å²) >= 11 is 0. The molecule has 0 saturated heterocycles. The van der Waals surface area contributed by atoms with Crippen LogP contribution in [0, 0.1) is 12.8 Å². The van der Waals surface area contributed by atoms with Gasteiger partial charge in [0, 0.05) is 13.0 Å². The fraction of sp³-hybridized carbons (Fsp3) is 0.556. The average molecular weight is 354 g/mol. The van der Waals surface area contributed by atoms with Gasteiger partial charge in [0.15, 0.2) is 0 Å². The Kier molecular flexibility index (Phi) is 7.70. The van der Waals surface area contributed by atoms with Crippen molar-refractivity contribution in [1.29, 1.82) is 0 Å². The maximum Gasteiger partial charge on any atom is 0.239 e. The Morgan fingerprint density at radius 2 is 1.83 bits per heavy atom. The van der Waals surface area contributed by atoms with Gasteiger partial charge in [-0.2, -0.15) is 0 Å². The number of nitrogens with one attached hydrogen (secondary N) is 2. The summed E-state index contributed by atoms with van der Waals surface area (Å²) in [5.74, 6) is 0.184. The summed E-state index contributed by atoms with van der Waals surface area (Å²) in [6.07, 6.45) is 3.28. The number of carbonyl (C=O) groups is 2. The molecule has 0 aromatic heterocycles. The van der Waals surface area contributed by atoms with Crippen LogP contribution in [-0.4, -0.2) is 30.4 Å². The molecule has 1 aliphatic carbocycles. The Hall–Kier alpha value is -1.59. The number of amides is 2. The highest BCUT2D eigenvalue weighted by molar-refractivity contribution is 5.85. The maximum atomic E-state index is 12.0. The van der Waals surface area contributed by atoms with Gasteiger partial charge in [-0.05, 0) is 44.6 Å². The van der Waals surface area contributed by atoms with E-state index in [0.717, 1.165) is 18.4 Å². The van der Waals surface area contributed by atoms with Crippen molar-refractivity contribution in [3.8, 4) is 0 Å². The first kappa shape index (κ1) is 20.5. The van der Waals surface area contributed by atoms with Gasteiger partial charge in [-0.3, -0.25) is 9.59 Å². The van der Waals surface area contributed by atoms with E-state index in [1.807, 2.05) is 38.1 Å². The van der Waals surface area contributed by atoms with E-state index in [9.17, 15) is 9.59 Å². The predicted molar refractivity (Wildman–Crippen MR) is 98.1 cm³/mol. The van der Waals surface area contributed by atoms with Gasteiger partial charge in [-0.1, -0.05) is 29.8 Å². The lowest BCUT2D eigenvalue weighted by Gasteiger charge is -2.29. The highest BCUT2D eigenvalue weighted by Crippen LogP contribution is 2.38. The molecule has 2 rings (SSSR count). The van der Waals surface area contributed by atoms with Crippen LogP contribution in [0.4, 0.5) is 0 Å². The Labute approximate surface area is 150 Å². The molecule has 134 valence electrons. The molecule has 1 unspecified atom stereocenters. The van der Waals surface area contributed by atoms with Crippen LogP contribution in [0.2, 0.25) is 0 Å². The number of nitrogens with two attached hydrogens (primary N) is 1. The van der Waals surface area contributed by atoms with Gasteiger partial charge in [0.05, 0.1) is 12.1 Å². The Morgan fingerprint density at radius 1 is 1.21 bits per heavy atom. The normalized spacial score (nSPS) is 15.8. The van der Waals surface area contributed by atoms with Crippen LogP contribution in [0.3, 0.4) is 0 Å². The first-order valence-corrected chi connectivity index (χ1v) is 8.26. The fourth-order valence-electron chi connectivity index (χ4n) is 2.68. The number of benzene rings is 1. The number of halogens is 1. The van der Waals surface area contributed by atoms with E-state index in [0.29, 0.717) is 25.3 Å². The van der Waals surface area contributed by atoms with Crippen molar-refractivity contribution in [2.24, 2.45) is 11.7 Å². The van der Waals surface area contributed by atoms with E-state index in [-0.39, 0.29) is 36.3 Å². The predicted octanol–water partition coefficient (Wildman–Crippen LogP) is 1.71. The van der Waals surface area contributed by atoms with Crippen LogP contribution in [-0.2, 0) is 16.0 Å². The first-order chi connectivity index (χ1) is 10.9. The quantitative estimate of drug-likeness (QED) is 0.665. The van der Waals surface area contributed by atoms with Gasteiger partial charge in [-0.25, -0.2) is 0 Å². The molecule has 0 radical (unpaired) electrons. The van der Waals surface area contributed by atoms with Crippen molar-refractivity contribution in [1.82, 2.24) is 10.6 Å². The zero-order valence-corrected chi connectivity index (χ0v) is 15.2. The summed E-state index contributed by atoms with van der Waals surface area (Å²) in [7, 11) is 0. The van der Waals surface area contributed by atoms with Gasteiger partial charge >= 0.3 is 0 Å². The second kappa shape index (κ2) is 9.04. The Bertz CT molecular complexity index is 558. The number of carbonyl (C=O) groups excluding carboxylic acids is 2. The van der Waals surface area contributed by atoms with E-state index in [2.05, 4.69) is 10.6 Å². The Morgan fingerprint density at radius 3 is 2.38 bits per heavy atom. The molecule has 5 nitrogen and oxygen atoms in total. The fourth-order valence-corrected chi connectivity index (χ4v) is 2.68. The summed E-state index contributed by atoms with van der Waals surface area (Å²) in [5.41, 5.74) is 7.76. The second-order valence-corrected chi connectivity index (χ2v) is 6.71. The minimum absolute atomic E-state index is 0. The molecule has 1 aromatic carbocycles. The lowest BCUT2D eigenvalue weighted by molar-refractivity contribution is -0.127. The van der Waals surface area contributed by atoms with Crippen molar-refractivity contribution in [3.63, 3.8) is 0 Å². The molecule has 24 heavy (non-hydrogen) atoms. The lowest BCUT2D eigenvalue weighted by Crippen LogP contribution is -2.55. The van der Waals surface area contributed by atoms with Gasteiger partial charge in [0.1, 0.15) is 0 Å². The number of hydrogen-bond acceptors (Lipinski definition) is 3. The van der Waals surface area contributed by atoms with E-state index in [1.54, 1.807) is 0 Å². The monoisotopic (exact) mass is 353 g/mol. The molecule has 0 heterocycles. The molecular formula is C18H28ClN3O2. The van der Waals surface area contributed by atoms with Gasteiger partial charge in [-0.15, -0.1) is 12.4 Å². The van der Waals surface area contributed by atoms with Crippen molar-refractivity contribution < 1.29 is 9.59 Å². The first-order valence-electron chi connectivity index (χ1n) is 8.26. The standard InChI is InChI=1S/C18H27N3O2.ClH/c1-13-3-5-14(6-4-13)7-10-16(22)20-11-17(23)21-18(2,12-19)15-8-9-15;/h3-6,15H,7-12,19H2,1-2H3,(H,20,22)(H,21,23);1H. The van der Waals surface area contributed by atoms with Crippen molar-refractivity contribution in [2.75, 3.05) is 13.1 Å². The number of rotatable bonds is 8. The molecule has 0 aliphatic heterocycles. The molecule has 1 atom stereocenters. The van der Waals surface area contributed by atoms with E-state index in [4.69, 9.17) is 5.73 Å². The van der Waals surface area contributed by atoms with Crippen molar-refractivity contribution in [3.05, 3.63) is 35.4 Å². The zero-order chi connectivity index (χ0) is 16.9. The van der Waals surface area contributed by atoms with Gasteiger partial charge in [0.25, 0.3) is 0 Å². The summed E-state index contributed by atoms with van der Waals surface area (Å²) < 4.78 is 0. The topological polar surface area (TPSA) is 84.2 Å². The smallest absolute Gasteiger partial charge is 0.239 e. The third-order valence-corrected chi connectivity index (χ3v) is 4.53. The Balaban J connectivity index is 0.00000288.